The predicted molar refractivity (Wildman–Crippen MR) is 71.2 cm³/mol. The third kappa shape index (κ3) is 2.77. The molecule has 2 heteroatoms. The van der Waals surface area contributed by atoms with Gasteiger partial charge in [0.2, 0.25) is 0 Å². The molecule has 0 saturated carbocycles. The molecule has 0 spiro atoms. The first kappa shape index (κ1) is 11.5. The molecule has 1 nitrogen and oxygen atoms in total. The Bertz CT molecular complexity index is 448. The lowest BCUT2D eigenvalue weighted by molar-refractivity contribution is 0.200. The van der Waals surface area contributed by atoms with Crippen molar-refractivity contribution in [3.63, 3.8) is 0 Å². The van der Waals surface area contributed by atoms with Crippen molar-refractivity contribution < 1.29 is 4.74 Å². The highest BCUT2D eigenvalue weighted by Crippen LogP contribution is 2.27. The van der Waals surface area contributed by atoms with Gasteiger partial charge >= 0.3 is 0 Å². The minimum absolute atomic E-state index is 0.845. The molecule has 0 aliphatic carbocycles. The van der Waals surface area contributed by atoms with Crippen LogP contribution in [0.15, 0.2) is 47.4 Å². The first-order valence-electron chi connectivity index (χ1n) is 5.51. The fourth-order valence-electron chi connectivity index (χ4n) is 1.71. The summed E-state index contributed by atoms with van der Waals surface area (Å²) < 4.78 is 5.05. The van der Waals surface area contributed by atoms with Crippen molar-refractivity contribution in [2.75, 3.05) is 19.5 Å². The molecule has 0 radical (unpaired) electrons. The van der Waals surface area contributed by atoms with Crippen LogP contribution in [0.25, 0.3) is 10.8 Å². The lowest BCUT2D eigenvalue weighted by atomic mass is 10.1. The molecule has 0 heterocycles. The molecule has 2 rings (SSSR count). The number of fused-ring (bicyclic) bond motifs is 1. The van der Waals surface area contributed by atoms with Crippen LogP contribution < -0.4 is 0 Å². The molecular weight excluding hydrogens is 216 g/mol. The van der Waals surface area contributed by atoms with Crippen molar-refractivity contribution in [1.82, 2.24) is 0 Å². The van der Waals surface area contributed by atoms with Gasteiger partial charge in [0.25, 0.3) is 0 Å². The average molecular weight is 232 g/mol. The quantitative estimate of drug-likeness (QED) is 0.570. The fourth-order valence-corrected chi connectivity index (χ4v) is 2.71. The zero-order chi connectivity index (χ0) is 11.2. The van der Waals surface area contributed by atoms with Crippen LogP contribution in [0.5, 0.6) is 0 Å². The molecule has 0 fully saturated rings. The summed E-state index contributed by atoms with van der Waals surface area (Å²) in [6.45, 7) is 0.845. The van der Waals surface area contributed by atoms with E-state index in [9.17, 15) is 0 Å². The third-order valence-electron chi connectivity index (χ3n) is 2.50. The van der Waals surface area contributed by atoms with Crippen molar-refractivity contribution in [1.29, 1.82) is 0 Å². The van der Waals surface area contributed by atoms with Gasteiger partial charge in [-0.1, -0.05) is 36.4 Å². The molecule has 2 aromatic carbocycles. The van der Waals surface area contributed by atoms with Crippen LogP contribution in [0, 0.1) is 0 Å². The molecule has 0 amide bonds. The first-order chi connectivity index (χ1) is 7.92. The van der Waals surface area contributed by atoms with E-state index in [1.165, 1.54) is 15.7 Å². The van der Waals surface area contributed by atoms with E-state index in [-0.39, 0.29) is 0 Å². The summed E-state index contributed by atoms with van der Waals surface area (Å²) in [7, 11) is 1.75. The summed E-state index contributed by atoms with van der Waals surface area (Å²) in [5.41, 5.74) is 0. The van der Waals surface area contributed by atoms with E-state index in [1.54, 1.807) is 7.11 Å². The maximum atomic E-state index is 5.05. The van der Waals surface area contributed by atoms with E-state index in [0.29, 0.717) is 0 Å². The summed E-state index contributed by atoms with van der Waals surface area (Å²) in [5, 5.41) is 2.67. The van der Waals surface area contributed by atoms with E-state index < -0.39 is 0 Å². The summed E-state index contributed by atoms with van der Waals surface area (Å²) >= 11 is 1.91. The highest BCUT2D eigenvalue weighted by atomic mass is 32.2. The van der Waals surface area contributed by atoms with Gasteiger partial charge in [0.1, 0.15) is 0 Å². The lowest BCUT2D eigenvalue weighted by Gasteiger charge is -2.05. The molecule has 0 bridgehead atoms. The molecule has 0 aliphatic rings. The van der Waals surface area contributed by atoms with Gasteiger partial charge in [-0.15, -0.1) is 11.8 Å². The number of benzene rings is 2. The molecule has 0 atom stereocenters. The van der Waals surface area contributed by atoms with Crippen LogP contribution in [0.3, 0.4) is 0 Å². The Morgan fingerprint density at radius 2 is 1.88 bits per heavy atom. The van der Waals surface area contributed by atoms with Crippen molar-refractivity contribution in [2.45, 2.75) is 11.3 Å². The van der Waals surface area contributed by atoms with Gasteiger partial charge in [0.05, 0.1) is 0 Å². The van der Waals surface area contributed by atoms with E-state index in [1.807, 2.05) is 11.8 Å². The smallest absolute Gasteiger partial charge is 0.0470 e. The van der Waals surface area contributed by atoms with Crippen molar-refractivity contribution in [2.24, 2.45) is 0 Å². The molecule has 0 N–H and O–H groups in total. The Kier molecular flexibility index (Phi) is 4.25. The van der Waals surface area contributed by atoms with Crippen LogP contribution in [0.2, 0.25) is 0 Å². The molecule has 16 heavy (non-hydrogen) atoms. The minimum Gasteiger partial charge on any atom is -0.385 e. The summed E-state index contributed by atoms with van der Waals surface area (Å²) in [6, 6.07) is 15.0. The zero-order valence-corrected chi connectivity index (χ0v) is 10.3. The summed E-state index contributed by atoms with van der Waals surface area (Å²) in [4.78, 5) is 1.37. The third-order valence-corrected chi connectivity index (χ3v) is 3.66. The second kappa shape index (κ2) is 5.92. The topological polar surface area (TPSA) is 9.23 Å². The van der Waals surface area contributed by atoms with Gasteiger partial charge in [0.15, 0.2) is 0 Å². The Labute approximate surface area is 101 Å². The predicted octanol–water partition coefficient (Wildman–Crippen LogP) is 3.97. The van der Waals surface area contributed by atoms with Crippen molar-refractivity contribution in [3.05, 3.63) is 42.5 Å². The first-order valence-corrected chi connectivity index (χ1v) is 6.50. The Hall–Kier alpha value is -0.990. The van der Waals surface area contributed by atoms with Crippen LogP contribution in [-0.2, 0) is 4.74 Å². The summed E-state index contributed by atoms with van der Waals surface area (Å²) in [5.74, 6) is 1.11. The van der Waals surface area contributed by atoms with E-state index in [2.05, 4.69) is 42.5 Å². The zero-order valence-electron chi connectivity index (χ0n) is 9.48. The largest absolute Gasteiger partial charge is 0.385 e. The van der Waals surface area contributed by atoms with E-state index in [0.717, 1.165) is 18.8 Å². The van der Waals surface area contributed by atoms with Crippen LogP contribution in [-0.4, -0.2) is 19.5 Å². The van der Waals surface area contributed by atoms with Gasteiger partial charge in [-0.2, -0.15) is 0 Å². The molecule has 0 aromatic heterocycles. The number of hydrogen-bond donors (Lipinski definition) is 0. The lowest BCUT2D eigenvalue weighted by Crippen LogP contribution is -1.90. The molecule has 84 valence electrons. The SMILES string of the molecule is COCCCSc1cccc2ccccc12. The number of rotatable bonds is 5. The standard InChI is InChI=1S/C14H16OS/c1-15-10-5-11-16-14-9-4-7-12-6-2-3-8-13(12)14/h2-4,6-9H,5,10-11H2,1H3. The van der Waals surface area contributed by atoms with Gasteiger partial charge < -0.3 is 4.74 Å². The Balaban J connectivity index is 2.11. The number of thioether (sulfide) groups is 1. The fraction of sp³-hybridized carbons (Fsp3) is 0.286. The van der Waals surface area contributed by atoms with Gasteiger partial charge in [-0.05, 0) is 23.3 Å². The van der Waals surface area contributed by atoms with Gasteiger partial charge in [-0.25, -0.2) is 0 Å². The highest BCUT2D eigenvalue weighted by molar-refractivity contribution is 7.99. The average Bonchev–Trinajstić information content (AvgIpc) is 2.35. The molecule has 2 aromatic rings. The Morgan fingerprint density at radius 3 is 2.75 bits per heavy atom. The van der Waals surface area contributed by atoms with Crippen LogP contribution in [0.4, 0.5) is 0 Å². The monoisotopic (exact) mass is 232 g/mol. The number of methoxy groups -OCH3 is 1. The van der Waals surface area contributed by atoms with Crippen molar-refractivity contribution in [3.8, 4) is 0 Å². The molecule has 0 saturated heterocycles. The number of hydrogen-bond acceptors (Lipinski definition) is 2. The van der Waals surface area contributed by atoms with E-state index >= 15 is 0 Å². The molecule has 0 aliphatic heterocycles. The second-order valence-corrected chi connectivity index (χ2v) is 4.81. The second-order valence-electron chi connectivity index (χ2n) is 3.67. The highest BCUT2D eigenvalue weighted by Gasteiger charge is 2.00. The van der Waals surface area contributed by atoms with Gasteiger partial charge in [-0.3, -0.25) is 0 Å². The molecular formula is C14H16OS. The molecule has 0 unspecified atom stereocenters. The minimum atomic E-state index is 0.845. The van der Waals surface area contributed by atoms with E-state index in [4.69, 9.17) is 4.74 Å². The maximum absolute atomic E-state index is 5.05. The van der Waals surface area contributed by atoms with Crippen LogP contribution in [0.1, 0.15) is 6.42 Å². The number of ether oxygens (including phenoxy) is 1. The van der Waals surface area contributed by atoms with Gasteiger partial charge in [0, 0.05) is 24.4 Å². The summed E-state index contributed by atoms with van der Waals surface area (Å²) in [6.07, 6.45) is 1.10. The van der Waals surface area contributed by atoms with Crippen molar-refractivity contribution >= 4 is 22.5 Å². The van der Waals surface area contributed by atoms with Crippen LogP contribution >= 0.6 is 11.8 Å². The Morgan fingerprint density at radius 1 is 1.06 bits per heavy atom. The normalized spacial score (nSPS) is 10.8. The maximum Gasteiger partial charge on any atom is 0.0470 e.